The van der Waals surface area contributed by atoms with Crippen molar-refractivity contribution in [3.05, 3.63) is 45.8 Å². The van der Waals surface area contributed by atoms with Gasteiger partial charge in [-0.05, 0) is 18.6 Å². The maximum Gasteiger partial charge on any atom is 0.279 e. The molecule has 0 unspecified atom stereocenters. The summed E-state index contributed by atoms with van der Waals surface area (Å²) in [5, 5.41) is 13.3. The lowest BCUT2D eigenvalue weighted by atomic mass is 10.1. The highest BCUT2D eigenvalue weighted by atomic mass is 19.1. The van der Waals surface area contributed by atoms with Crippen molar-refractivity contribution in [3.63, 3.8) is 0 Å². The minimum absolute atomic E-state index is 0.129. The first kappa shape index (κ1) is 13.8. The SMILES string of the molecule is CC(=O)NCCC=Cc1ccc(F)cc1[N+](=O)[O-]. The number of hydrogen-bond donors (Lipinski definition) is 1. The third-order valence-electron chi connectivity index (χ3n) is 2.17. The van der Waals surface area contributed by atoms with E-state index in [2.05, 4.69) is 5.32 Å². The lowest BCUT2D eigenvalue weighted by Crippen LogP contribution is -2.20. The fraction of sp³-hybridized carbons (Fsp3) is 0.250. The fourth-order valence-corrected chi connectivity index (χ4v) is 1.36. The molecule has 0 aliphatic heterocycles. The fourth-order valence-electron chi connectivity index (χ4n) is 1.36. The van der Waals surface area contributed by atoms with Gasteiger partial charge in [-0.2, -0.15) is 0 Å². The number of halogens is 1. The van der Waals surface area contributed by atoms with Crippen molar-refractivity contribution in [1.29, 1.82) is 0 Å². The summed E-state index contributed by atoms with van der Waals surface area (Å²) in [6.07, 6.45) is 3.78. The maximum atomic E-state index is 12.9. The van der Waals surface area contributed by atoms with Crippen molar-refractivity contribution < 1.29 is 14.1 Å². The van der Waals surface area contributed by atoms with Crippen LogP contribution in [0.15, 0.2) is 24.3 Å². The Labute approximate surface area is 103 Å². The second kappa shape index (κ2) is 6.48. The molecule has 1 aromatic carbocycles. The first-order valence-electron chi connectivity index (χ1n) is 5.35. The highest BCUT2D eigenvalue weighted by Gasteiger charge is 2.12. The summed E-state index contributed by atoms with van der Waals surface area (Å²) in [5.74, 6) is -0.770. The van der Waals surface area contributed by atoms with E-state index in [0.29, 0.717) is 18.5 Å². The van der Waals surface area contributed by atoms with E-state index in [1.807, 2.05) is 0 Å². The molecular formula is C12H13FN2O3. The number of nitro groups is 1. The van der Waals surface area contributed by atoms with Crippen molar-refractivity contribution in [2.24, 2.45) is 0 Å². The summed E-state index contributed by atoms with van der Waals surface area (Å²) >= 11 is 0. The molecule has 0 saturated heterocycles. The summed E-state index contributed by atoms with van der Waals surface area (Å²) in [5.41, 5.74) is 0.0648. The number of carbonyl (C=O) groups excluding carboxylic acids is 1. The summed E-state index contributed by atoms with van der Waals surface area (Å²) in [6, 6.07) is 3.40. The van der Waals surface area contributed by atoms with Gasteiger partial charge in [0.25, 0.3) is 5.69 Å². The van der Waals surface area contributed by atoms with Crippen LogP contribution >= 0.6 is 0 Å². The lowest BCUT2D eigenvalue weighted by Gasteiger charge is -1.99. The van der Waals surface area contributed by atoms with Gasteiger partial charge < -0.3 is 5.32 Å². The molecule has 0 aliphatic carbocycles. The summed E-state index contributed by atoms with van der Waals surface area (Å²) < 4.78 is 12.9. The van der Waals surface area contributed by atoms with E-state index in [0.717, 1.165) is 6.07 Å². The largest absolute Gasteiger partial charge is 0.356 e. The van der Waals surface area contributed by atoms with Crippen molar-refractivity contribution in [2.75, 3.05) is 6.54 Å². The van der Waals surface area contributed by atoms with E-state index in [1.54, 1.807) is 12.2 Å². The van der Waals surface area contributed by atoms with Crippen molar-refractivity contribution in [1.82, 2.24) is 5.32 Å². The molecule has 1 amide bonds. The number of amides is 1. The van der Waals surface area contributed by atoms with Gasteiger partial charge in [0.1, 0.15) is 5.82 Å². The number of nitro benzene ring substituents is 1. The van der Waals surface area contributed by atoms with Gasteiger partial charge in [0.15, 0.2) is 0 Å². The average Bonchev–Trinajstić information content (AvgIpc) is 2.29. The molecule has 0 heterocycles. The van der Waals surface area contributed by atoms with Crippen LogP contribution < -0.4 is 5.32 Å². The molecule has 96 valence electrons. The summed E-state index contributed by atoms with van der Waals surface area (Å²) in [7, 11) is 0. The molecule has 0 saturated carbocycles. The molecule has 0 aliphatic rings. The molecule has 0 radical (unpaired) electrons. The van der Waals surface area contributed by atoms with Gasteiger partial charge in [0.05, 0.1) is 16.6 Å². The van der Waals surface area contributed by atoms with Gasteiger partial charge in [-0.15, -0.1) is 0 Å². The number of nitrogens with zero attached hydrogens (tertiary/aromatic N) is 1. The number of hydrogen-bond acceptors (Lipinski definition) is 3. The quantitative estimate of drug-likeness (QED) is 0.496. The molecule has 0 aromatic heterocycles. The zero-order chi connectivity index (χ0) is 13.5. The minimum atomic E-state index is -0.642. The molecule has 6 heteroatoms. The van der Waals surface area contributed by atoms with E-state index in [9.17, 15) is 19.3 Å². The zero-order valence-corrected chi connectivity index (χ0v) is 9.85. The second-order valence-corrected chi connectivity index (χ2v) is 3.63. The van der Waals surface area contributed by atoms with Gasteiger partial charge in [0, 0.05) is 13.5 Å². The standard InChI is InChI=1S/C12H13FN2O3/c1-9(16)14-7-3-2-4-10-5-6-11(13)8-12(10)15(17)18/h2,4-6,8H,3,7H2,1H3,(H,14,16). The third kappa shape index (κ3) is 4.32. The predicted molar refractivity (Wildman–Crippen MR) is 65.4 cm³/mol. The van der Waals surface area contributed by atoms with Crippen LogP contribution in [-0.4, -0.2) is 17.4 Å². The average molecular weight is 252 g/mol. The Morgan fingerprint density at radius 2 is 2.28 bits per heavy atom. The Kier molecular flexibility index (Phi) is 4.98. The van der Waals surface area contributed by atoms with E-state index in [1.165, 1.54) is 19.1 Å². The molecule has 0 bridgehead atoms. The van der Waals surface area contributed by atoms with Crippen LogP contribution in [0.2, 0.25) is 0 Å². The molecule has 18 heavy (non-hydrogen) atoms. The van der Waals surface area contributed by atoms with Gasteiger partial charge in [0.2, 0.25) is 5.91 Å². The van der Waals surface area contributed by atoms with Gasteiger partial charge in [-0.3, -0.25) is 14.9 Å². The van der Waals surface area contributed by atoms with E-state index in [-0.39, 0.29) is 11.6 Å². The van der Waals surface area contributed by atoms with Crippen molar-refractivity contribution >= 4 is 17.7 Å². The molecule has 0 fully saturated rings. The van der Waals surface area contributed by atoms with Crippen molar-refractivity contribution in [2.45, 2.75) is 13.3 Å². The van der Waals surface area contributed by atoms with Crippen LogP contribution in [0.1, 0.15) is 18.9 Å². The van der Waals surface area contributed by atoms with E-state index in [4.69, 9.17) is 0 Å². The smallest absolute Gasteiger partial charge is 0.279 e. The first-order chi connectivity index (χ1) is 8.50. The molecular weight excluding hydrogens is 239 g/mol. The second-order valence-electron chi connectivity index (χ2n) is 3.63. The molecule has 0 atom stereocenters. The van der Waals surface area contributed by atoms with Crippen molar-refractivity contribution in [3.8, 4) is 0 Å². The van der Waals surface area contributed by atoms with Crippen LogP contribution in [0.5, 0.6) is 0 Å². The van der Waals surface area contributed by atoms with E-state index >= 15 is 0 Å². The highest BCUT2D eigenvalue weighted by molar-refractivity contribution is 5.72. The summed E-state index contributed by atoms with van der Waals surface area (Å²) in [4.78, 5) is 20.7. The molecule has 5 nitrogen and oxygen atoms in total. The molecule has 1 rings (SSSR count). The minimum Gasteiger partial charge on any atom is -0.356 e. The van der Waals surface area contributed by atoms with Crippen LogP contribution in [0.3, 0.4) is 0 Å². The number of nitrogens with one attached hydrogen (secondary N) is 1. The number of rotatable bonds is 5. The van der Waals surface area contributed by atoms with Crippen LogP contribution in [-0.2, 0) is 4.79 Å². The molecule has 1 aromatic rings. The zero-order valence-electron chi connectivity index (χ0n) is 9.85. The molecule has 0 spiro atoms. The Morgan fingerprint density at radius 3 is 2.89 bits per heavy atom. The monoisotopic (exact) mass is 252 g/mol. The first-order valence-corrected chi connectivity index (χ1v) is 5.35. The maximum absolute atomic E-state index is 12.9. The lowest BCUT2D eigenvalue weighted by molar-refractivity contribution is -0.385. The number of benzene rings is 1. The number of carbonyl (C=O) groups is 1. The Balaban J connectivity index is 2.69. The van der Waals surface area contributed by atoms with Crippen LogP contribution in [0.4, 0.5) is 10.1 Å². The van der Waals surface area contributed by atoms with Gasteiger partial charge >= 0.3 is 0 Å². The predicted octanol–water partition coefficient (Wildman–Crippen LogP) is 2.27. The topological polar surface area (TPSA) is 72.2 Å². The Hall–Kier alpha value is -2.24. The van der Waals surface area contributed by atoms with Gasteiger partial charge in [-0.1, -0.05) is 12.2 Å². The van der Waals surface area contributed by atoms with Gasteiger partial charge in [-0.25, -0.2) is 4.39 Å². The normalized spacial score (nSPS) is 10.6. The van der Waals surface area contributed by atoms with Crippen LogP contribution in [0, 0.1) is 15.9 Å². The van der Waals surface area contributed by atoms with E-state index < -0.39 is 10.7 Å². The molecule has 1 N–H and O–H groups in total. The Morgan fingerprint density at radius 1 is 1.56 bits per heavy atom. The highest BCUT2D eigenvalue weighted by Crippen LogP contribution is 2.21. The Bertz CT molecular complexity index is 486. The van der Waals surface area contributed by atoms with Crippen LogP contribution in [0.25, 0.3) is 6.08 Å². The third-order valence-corrected chi connectivity index (χ3v) is 2.17. The summed E-state index contributed by atoms with van der Waals surface area (Å²) in [6.45, 7) is 1.87.